The predicted octanol–water partition coefficient (Wildman–Crippen LogP) is 4.09. The van der Waals surface area contributed by atoms with Gasteiger partial charge in [-0.15, -0.1) is 0 Å². The van der Waals surface area contributed by atoms with Gasteiger partial charge in [-0.25, -0.2) is 4.39 Å². The molecule has 0 aliphatic heterocycles. The molecule has 0 fully saturated rings. The van der Waals surface area contributed by atoms with Crippen LogP contribution in [-0.4, -0.2) is 12.9 Å². The lowest BCUT2D eigenvalue weighted by Gasteiger charge is -2.08. The van der Waals surface area contributed by atoms with Crippen molar-refractivity contribution in [2.75, 3.05) is 6.61 Å². The van der Waals surface area contributed by atoms with Crippen LogP contribution >= 0.6 is 0 Å². The van der Waals surface area contributed by atoms with E-state index in [0.717, 1.165) is 23.3 Å². The summed E-state index contributed by atoms with van der Waals surface area (Å²) in [5.74, 6) is 0.383. The summed E-state index contributed by atoms with van der Waals surface area (Å²) in [6.45, 7) is 2.72. The first-order valence-corrected chi connectivity index (χ1v) is 6.22. The summed E-state index contributed by atoms with van der Waals surface area (Å²) >= 11 is 0. The normalized spacial score (nSPS) is 10.2. The number of aldehydes is 1. The van der Waals surface area contributed by atoms with Crippen LogP contribution in [0.3, 0.4) is 0 Å². The van der Waals surface area contributed by atoms with Gasteiger partial charge in [-0.1, -0.05) is 25.1 Å². The fourth-order valence-corrected chi connectivity index (χ4v) is 1.84. The Morgan fingerprint density at radius 3 is 2.53 bits per heavy atom. The van der Waals surface area contributed by atoms with Crippen molar-refractivity contribution >= 4 is 6.29 Å². The number of halogens is 1. The zero-order valence-electron chi connectivity index (χ0n) is 10.7. The summed E-state index contributed by atoms with van der Waals surface area (Å²) in [6.07, 6.45) is 1.62. The number of carbonyl (C=O) groups excluding carboxylic acids is 1. The molecule has 0 radical (unpaired) electrons. The van der Waals surface area contributed by atoms with Gasteiger partial charge in [0, 0.05) is 5.56 Å². The molecule has 3 heteroatoms. The second-order valence-corrected chi connectivity index (χ2v) is 4.22. The van der Waals surface area contributed by atoms with Gasteiger partial charge in [0.1, 0.15) is 11.6 Å². The fraction of sp³-hybridized carbons (Fsp3) is 0.188. The molecule has 0 atom stereocenters. The molecule has 2 aromatic rings. The molecule has 2 rings (SSSR count). The van der Waals surface area contributed by atoms with Crippen molar-refractivity contribution in [2.45, 2.75) is 13.3 Å². The van der Waals surface area contributed by atoms with Gasteiger partial charge in [0.15, 0.2) is 6.29 Å². The lowest BCUT2D eigenvalue weighted by atomic mass is 10.0. The minimum Gasteiger partial charge on any atom is -0.494 e. The predicted molar refractivity (Wildman–Crippen MR) is 73.0 cm³/mol. The summed E-state index contributed by atoms with van der Waals surface area (Å²) in [4.78, 5) is 11.0. The molecule has 0 saturated carbocycles. The third-order valence-corrected chi connectivity index (χ3v) is 2.78. The molecule has 0 bridgehead atoms. The van der Waals surface area contributed by atoms with Gasteiger partial charge in [0.25, 0.3) is 0 Å². The second-order valence-electron chi connectivity index (χ2n) is 4.22. The molecule has 0 aliphatic carbocycles. The first kappa shape index (κ1) is 13.3. The van der Waals surface area contributed by atoms with Crippen molar-refractivity contribution < 1.29 is 13.9 Å². The van der Waals surface area contributed by atoms with E-state index >= 15 is 0 Å². The van der Waals surface area contributed by atoms with Crippen LogP contribution in [0.15, 0.2) is 42.5 Å². The molecular formula is C16H15FO2. The Kier molecular flexibility index (Phi) is 4.29. The first-order valence-electron chi connectivity index (χ1n) is 6.22. The zero-order valence-corrected chi connectivity index (χ0v) is 10.7. The van der Waals surface area contributed by atoms with Crippen LogP contribution in [0.1, 0.15) is 23.7 Å². The average Bonchev–Trinajstić information content (AvgIpc) is 2.45. The summed E-state index contributed by atoms with van der Waals surface area (Å²) in [5, 5.41) is 0. The largest absolute Gasteiger partial charge is 0.494 e. The van der Waals surface area contributed by atoms with Crippen LogP contribution in [-0.2, 0) is 0 Å². The Labute approximate surface area is 111 Å². The minimum atomic E-state index is -0.409. The van der Waals surface area contributed by atoms with Crippen LogP contribution in [0, 0.1) is 5.82 Å². The molecule has 98 valence electrons. The molecule has 2 nitrogen and oxygen atoms in total. The molecule has 0 aliphatic rings. The smallest absolute Gasteiger partial charge is 0.150 e. The van der Waals surface area contributed by atoms with Crippen LogP contribution in [0.25, 0.3) is 11.1 Å². The highest BCUT2D eigenvalue weighted by atomic mass is 19.1. The minimum absolute atomic E-state index is 0.349. The number of benzene rings is 2. The van der Waals surface area contributed by atoms with Crippen molar-refractivity contribution in [3.63, 3.8) is 0 Å². The highest BCUT2D eigenvalue weighted by molar-refractivity contribution is 5.87. The summed E-state index contributed by atoms with van der Waals surface area (Å²) in [7, 11) is 0. The first-order chi connectivity index (χ1) is 9.24. The van der Waals surface area contributed by atoms with Gasteiger partial charge in [0.05, 0.1) is 6.61 Å². The van der Waals surface area contributed by atoms with Crippen LogP contribution in [0.4, 0.5) is 4.39 Å². The van der Waals surface area contributed by atoms with Crippen molar-refractivity contribution in [1.29, 1.82) is 0 Å². The van der Waals surface area contributed by atoms with E-state index in [0.29, 0.717) is 18.5 Å². The Morgan fingerprint density at radius 1 is 1.16 bits per heavy atom. The van der Waals surface area contributed by atoms with Crippen molar-refractivity contribution in [3.8, 4) is 16.9 Å². The molecule has 0 amide bonds. The van der Waals surface area contributed by atoms with Crippen molar-refractivity contribution in [1.82, 2.24) is 0 Å². The molecule has 0 N–H and O–H groups in total. The Morgan fingerprint density at radius 2 is 1.89 bits per heavy atom. The second kappa shape index (κ2) is 6.14. The van der Waals surface area contributed by atoms with E-state index in [1.54, 1.807) is 6.07 Å². The maximum absolute atomic E-state index is 13.1. The SMILES string of the molecule is CCCOc1ccc(-c2ccc(F)cc2C=O)cc1. The number of hydrogen-bond acceptors (Lipinski definition) is 2. The van der Waals surface area contributed by atoms with Crippen LogP contribution < -0.4 is 4.74 Å². The summed E-state index contributed by atoms with van der Waals surface area (Å²) in [5.41, 5.74) is 1.94. The number of carbonyl (C=O) groups is 1. The Bertz CT molecular complexity index is 561. The third kappa shape index (κ3) is 3.19. The zero-order chi connectivity index (χ0) is 13.7. The summed E-state index contributed by atoms with van der Waals surface area (Å²) in [6, 6.07) is 11.6. The Balaban J connectivity index is 2.29. The van der Waals surface area contributed by atoms with Gasteiger partial charge >= 0.3 is 0 Å². The van der Waals surface area contributed by atoms with Gasteiger partial charge in [-0.05, 0) is 41.8 Å². The average molecular weight is 258 g/mol. The van der Waals surface area contributed by atoms with Gasteiger partial charge in [-0.3, -0.25) is 4.79 Å². The number of hydrogen-bond donors (Lipinski definition) is 0. The third-order valence-electron chi connectivity index (χ3n) is 2.78. The highest BCUT2D eigenvalue weighted by Crippen LogP contribution is 2.25. The van der Waals surface area contributed by atoms with Gasteiger partial charge in [0.2, 0.25) is 0 Å². The van der Waals surface area contributed by atoms with E-state index in [1.165, 1.54) is 12.1 Å². The number of ether oxygens (including phenoxy) is 1. The van der Waals surface area contributed by atoms with E-state index in [2.05, 4.69) is 0 Å². The molecular weight excluding hydrogens is 243 g/mol. The van der Waals surface area contributed by atoms with E-state index in [1.807, 2.05) is 31.2 Å². The maximum Gasteiger partial charge on any atom is 0.150 e. The molecule has 0 unspecified atom stereocenters. The molecule has 19 heavy (non-hydrogen) atoms. The van der Waals surface area contributed by atoms with E-state index in [9.17, 15) is 9.18 Å². The summed E-state index contributed by atoms with van der Waals surface area (Å²) < 4.78 is 18.6. The van der Waals surface area contributed by atoms with Crippen LogP contribution in [0.2, 0.25) is 0 Å². The number of rotatable bonds is 5. The molecule has 0 aromatic heterocycles. The molecule has 0 saturated heterocycles. The van der Waals surface area contributed by atoms with E-state index in [4.69, 9.17) is 4.74 Å². The molecule has 0 heterocycles. The fourth-order valence-electron chi connectivity index (χ4n) is 1.84. The lowest BCUT2D eigenvalue weighted by Crippen LogP contribution is -1.95. The van der Waals surface area contributed by atoms with Crippen molar-refractivity contribution in [2.24, 2.45) is 0 Å². The lowest BCUT2D eigenvalue weighted by molar-refractivity contribution is 0.112. The van der Waals surface area contributed by atoms with Crippen LogP contribution in [0.5, 0.6) is 5.75 Å². The Hall–Kier alpha value is -2.16. The molecule has 0 spiro atoms. The monoisotopic (exact) mass is 258 g/mol. The standard InChI is InChI=1S/C16H15FO2/c1-2-9-19-15-6-3-12(4-7-15)16-8-5-14(17)10-13(16)11-18/h3-8,10-11H,2,9H2,1H3. The topological polar surface area (TPSA) is 26.3 Å². The van der Waals surface area contributed by atoms with E-state index in [-0.39, 0.29) is 0 Å². The van der Waals surface area contributed by atoms with Gasteiger partial charge < -0.3 is 4.74 Å². The quantitative estimate of drug-likeness (QED) is 0.755. The highest BCUT2D eigenvalue weighted by Gasteiger charge is 2.06. The maximum atomic E-state index is 13.1. The van der Waals surface area contributed by atoms with Gasteiger partial charge in [-0.2, -0.15) is 0 Å². The van der Waals surface area contributed by atoms with Crippen molar-refractivity contribution in [3.05, 3.63) is 53.8 Å². The van der Waals surface area contributed by atoms with E-state index < -0.39 is 5.82 Å². The molecule has 2 aromatic carbocycles.